The molecular weight excluding hydrogens is 326 g/mol. The van der Waals surface area contributed by atoms with Crippen molar-refractivity contribution in [2.75, 3.05) is 13.1 Å². The molecule has 0 amide bonds. The lowest BCUT2D eigenvalue weighted by Crippen LogP contribution is -2.31. The van der Waals surface area contributed by atoms with Crippen molar-refractivity contribution in [3.05, 3.63) is 54.4 Å². The maximum absolute atomic E-state index is 13.8. The third kappa shape index (κ3) is 3.18. The van der Waals surface area contributed by atoms with Gasteiger partial charge in [0.2, 0.25) is 10.0 Å². The zero-order valence-corrected chi connectivity index (χ0v) is 12.8. The standard InChI is InChI=1S/C15H14F2N2O3S/c16-13-4-1-5-14(15(13)17)23(20,21)19-8-6-12(10-19)22-11-3-2-7-18-9-11/h1-5,7,9,12H,6,8,10H2/t12-/m1/s1. The Bertz CT molecular complexity index is 800. The molecule has 1 aromatic carbocycles. The van der Waals surface area contributed by atoms with Crippen LogP contribution in [0.5, 0.6) is 5.75 Å². The van der Waals surface area contributed by atoms with Crippen LogP contribution in [0.1, 0.15) is 6.42 Å². The maximum atomic E-state index is 13.8. The fourth-order valence-corrected chi connectivity index (χ4v) is 4.00. The van der Waals surface area contributed by atoms with E-state index in [9.17, 15) is 17.2 Å². The zero-order chi connectivity index (χ0) is 16.4. The van der Waals surface area contributed by atoms with Crippen LogP contribution in [-0.2, 0) is 10.0 Å². The lowest BCUT2D eigenvalue weighted by molar-refractivity contribution is 0.214. The highest BCUT2D eigenvalue weighted by atomic mass is 32.2. The summed E-state index contributed by atoms with van der Waals surface area (Å²) in [6, 6.07) is 6.54. The van der Waals surface area contributed by atoms with E-state index in [2.05, 4.69) is 4.98 Å². The summed E-state index contributed by atoms with van der Waals surface area (Å²) in [5.74, 6) is -2.01. The van der Waals surface area contributed by atoms with E-state index in [4.69, 9.17) is 4.74 Å². The molecule has 1 aliphatic rings. The Labute approximate surface area is 132 Å². The molecule has 1 aliphatic heterocycles. The van der Waals surface area contributed by atoms with Gasteiger partial charge in [-0.3, -0.25) is 4.98 Å². The van der Waals surface area contributed by atoms with Gasteiger partial charge in [-0.05, 0) is 30.7 Å². The Hall–Kier alpha value is -2.06. The van der Waals surface area contributed by atoms with E-state index in [1.807, 2.05) is 0 Å². The van der Waals surface area contributed by atoms with Crippen LogP contribution in [0.3, 0.4) is 0 Å². The van der Waals surface area contributed by atoms with Gasteiger partial charge in [0.25, 0.3) is 0 Å². The first-order chi connectivity index (χ1) is 11.0. The monoisotopic (exact) mass is 340 g/mol. The predicted molar refractivity (Wildman–Crippen MR) is 78.4 cm³/mol. The summed E-state index contributed by atoms with van der Waals surface area (Å²) in [4.78, 5) is 3.26. The van der Waals surface area contributed by atoms with Gasteiger partial charge in [0.1, 0.15) is 16.7 Å². The molecule has 8 heteroatoms. The number of rotatable bonds is 4. The van der Waals surface area contributed by atoms with Crippen molar-refractivity contribution < 1.29 is 21.9 Å². The molecule has 122 valence electrons. The molecule has 23 heavy (non-hydrogen) atoms. The molecule has 3 rings (SSSR count). The van der Waals surface area contributed by atoms with Gasteiger partial charge in [0, 0.05) is 12.7 Å². The second-order valence-corrected chi connectivity index (χ2v) is 7.04. The van der Waals surface area contributed by atoms with Crippen molar-refractivity contribution in [2.45, 2.75) is 17.4 Å². The second kappa shape index (κ2) is 6.21. The molecule has 0 N–H and O–H groups in total. The maximum Gasteiger partial charge on any atom is 0.246 e. The van der Waals surface area contributed by atoms with Crippen molar-refractivity contribution >= 4 is 10.0 Å². The summed E-state index contributed by atoms with van der Waals surface area (Å²) in [6.45, 7) is 0.260. The number of sulfonamides is 1. The molecule has 5 nitrogen and oxygen atoms in total. The van der Waals surface area contributed by atoms with Gasteiger partial charge < -0.3 is 4.74 Å². The molecule has 0 aliphatic carbocycles. The van der Waals surface area contributed by atoms with E-state index < -0.39 is 26.6 Å². The molecular formula is C15H14F2N2O3S. The smallest absolute Gasteiger partial charge is 0.246 e. The van der Waals surface area contributed by atoms with Crippen LogP contribution in [0, 0.1) is 11.6 Å². The summed E-state index contributed by atoms with van der Waals surface area (Å²) in [5, 5.41) is 0. The Kier molecular flexibility index (Phi) is 4.27. The summed E-state index contributed by atoms with van der Waals surface area (Å²) >= 11 is 0. The number of benzene rings is 1. The highest BCUT2D eigenvalue weighted by molar-refractivity contribution is 7.89. The molecule has 1 saturated heterocycles. The first kappa shape index (κ1) is 15.8. The van der Waals surface area contributed by atoms with Gasteiger partial charge in [0.05, 0.1) is 12.7 Å². The molecule has 0 unspecified atom stereocenters. The van der Waals surface area contributed by atoms with Crippen LogP contribution in [0.25, 0.3) is 0 Å². The van der Waals surface area contributed by atoms with Crippen LogP contribution in [0.15, 0.2) is 47.6 Å². The van der Waals surface area contributed by atoms with Crippen molar-refractivity contribution in [2.24, 2.45) is 0 Å². The normalized spacial score (nSPS) is 19.0. The third-order valence-corrected chi connectivity index (χ3v) is 5.46. The van der Waals surface area contributed by atoms with Gasteiger partial charge in [-0.1, -0.05) is 6.07 Å². The van der Waals surface area contributed by atoms with Gasteiger partial charge in [-0.2, -0.15) is 4.31 Å². The van der Waals surface area contributed by atoms with Crippen LogP contribution < -0.4 is 4.74 Å². The largest absolute Gasteiger partial charge is 0.487 e. The van der Waals surface area contributed by atoms with E-state index in [1.54, 1.807) is 18.3 Å². The number of halogens is 2. The molecule has 0 bridgehead atoms. The van der Waals surface area contributed by atoms with Crippen molar-refractivity contribution in [3.63, 3.8) is 0 Å². The summed E-state index contributed by atoms with van der Waals surface area (Å²) in [6.07, 6.45) is 3.24. The quantitative estimate of drug-likeness (QED) is 0.856. The average molecular weight is 340 g/mol. The molecule has 1 fully saturated rings. The summed E-state index contributed by atoms with van der Waals surface area (Å²) < 4.78 is 58.7. The minimum Gasteiger partial charge on any atom is -0.487 e. The molecule has 0 saturated carbocycles. The number of nitrogens with zero attached hydrogens (tertiary/aromatic N) is 2. The number of hydrogen-bond donors (Lipinski definition) is 0. The fourth-order valence-electron chi connectivity index (χ4n) is 2.44. The first-order valence-corrected chi connectivity index (χ1v) is 8.43. The number of pyridine rings is 1. The number of aromatic nitrogens is 1. The molecule has 1 atom stereocenters. The van der Waals surface area contributed by atoms with Crippen molar-refractivity contribution in [1.29, 1.82) is 0 Å². The van der Waals surface area contributed by atoms with Crippen molar-refractivity contribution in [3.8, 4) is 5.75 Å². The molecule has 1 aromatic heterocycles. The second-order valence-electron chi connectivity index (χ2n) is 5.13. The van der Waals surface area contributed by atoms with Crippen LogP contribution >= 0.6 is 0 Å². The Balaban J connectivity index is 1.76. The summed E-state index contributed by atoms with van der Waals surface area (Å²) in [5.41, 5.74) is 0. The molecule has 2 heterocycles. The summed E-state index contributed by atoms with van der Waals surface area (Å²) in [7, 11) is -4.09. The highest BCUT2D eigenvalue weighted by Crippen LogP contribution is 2.26. The van der Waals surface area contributed by atoms with Crippen LogP contribution in [0.4, 0.5) is 8.78 Å². The van der Waals surface area contributed by atoms with Gasteiger partial charge >= 0.3 is 0 Å². The average Bonchev–Trinajstić information content (AvgIpc) is 3.00. The molecule has 0 radical (unpaired) electrons. The topological polar surface area (TPSA) is 59.5 Å². The van der Waals surface area contributed by atoms with Crippen LogP contribution in [0.2, 0.25) is 0 Å². The third-order valence-electron chi connectivity index (χ3n) is 3.58. The van der Waals surface area contributed by atoms with E-state index in [1.165, 1.54) is 12.3 Å². The Morgan fingerprint density at radius 3 is 2.78 bits per heavy atom. The Morgan fingerprint density at radius 2 is 2.04 bits per heavy atom. The van der Waals surface area contributed by atoms with E-state index >= 15 is 0 Å². The van der Waals surface area contributed by atoms with Gasteiger partial charge in [-0.15, -0.1) is 0 Å². The number of hydrogen-bond acceptors (Lipinski definition) is 4. The SMILES string of the molecule is O=S(=O)(c1cccc(F)c1F)N1CC[C@@H](Oc2cccnc2)C1. The van der Waals surface area contributed by atoms with Gasteiger partial charge in [0.15, 0.2) is 11.6 Å². The lowest BCUT2D eigenvalue weighted by atomic mass is 10.3. The van der Waals surface area contributed by atoms with Crippen LogP contribution in [-0.4, -0.2) is 36.9 Å². The zero-order valence-electron chi connectivity index (χ0n) is 12.0. The Morgan fingerprint density at radius 1 is 1.22 bits per heavy atom. The molecule has 0 spiro atoms. The highest BCUT2D eigenvalue weighted by Gasteiger charge is 2.35. The first-order valence-electron chi connectivity index (χ1n) is 6.99. The number of ether oxygens (including phenoxy) is 1. The van der Waals surface area contributed by atoms with E-state index in [-0.39, 0.29) is 19.2 Å². The fraction of sp³-hybridized carbons (Fsp3) is 0.267. The lowest BCUT2D eigenvalue weighted by Gasteiger charge is -2.17. The minimum absolute atomic E-state index is 0.0766. The van der Waals surface area contributed by atoms with Gasteiger partial charge in [-0.25, -0.2) is 17.2 Å². The van der Waals surface area contributed by atoms with E-state index in [0.29, 0.717) is 12.2 Å². The molecule has 2 aromatic rings. The predicted octanol–water partition coefficient (Wildman–Crippen LogP) is 2.20. The minimum atomic E-state index is -4.09. The van der Waals surface area contributed by atoms with E-state index in [0.717, 1.165) is 16.4 Å². The van der Waals surface area contributed by atoms with Crippen molar-refractivity contribution in [1.82, 2.24) is 9.29 Å².